The number of furan rings is 1. The first-order chi connectivity index (χ1) is 15.2. The second-order valence-corrected chi connectivity index (χ2v) is 8.93. The molecule has 1 aliphatic rings. The van der Waals surface area contributed by atoms with Crippen LogP contribution >= 0.6 is 11.8 Å². The number of aromatic amines is 1. The fourth-order valence-corrected chi connectivity index (χ4v) is 5.13. The van der Waals surface area contributed by atoms with Crippen LogP contribution in [0.5, 0.6) is 0 Å². The number of H-pyrrole nitrogens is 1. The second-order valence-electron chi connectivity index (χ2n) is 7.64. The Bertz CT molecular complexity index is 1110. The van der Waals surface area contributed by atoms with Crippen LogP contribution in [0.4, 0.5) is 0 Å². The van der Waals surface area contributed by atoms with Crippen molar-refractivity contribution in [3.05, 3.63) is 78.5 Å². The molecule has 0 aliphatic carbocycles. The van der Waals surface area contributed by atoms with Crippen molar-refractivity contribution < 1.29 is 9.21 Å². The number of rotatable bonds is 7. The van der Waals surface area contributed by atoms with Crippen molar-refractivity contribution in [3.63, 3.8) is 0 Å². The van der Waals surface area contributed by atoms with Crippen LogP contribution in [0.15, 0.2) is 76.8 Å². The van der Waals surface area contributed by atoms with E-state index >= 15 is 0 Å². The predicted octanol–water partition coefficient (Wildman–Crippen LogP) is 3.60. The van der Waals surface area contributed by atoms with E-state index in [2.05, 4.69) is 25.2 Å². The summed E-state index contributed by atoms with van der Waals surface area (Å²) in [4.78, 5) is 27.4. The van der Waals surface area contributed by atoms with Gasteiger partial charge in [-0.15, -0.1) is 0 Å². The number of thioether (sulfide) groups is 1. The minimum absolute atomic E-state index is 0.0307. The maximum Gasteiger partial charge on any atom is 0.237 e. The number of hydrogen-bond acceptors (Lipinski definition) is 6. The predicted molar refractivity (Wildman–Crippen MR) is 119 cm³/mol. The largest absolute Gasteiger partial charge is 0.468 e. The number of amides is 1. The van der Waals surface area contributed by atoms with Crippen LogP contribution in [0.25, 0.3) is 11.0 Å². The number of carbonyl (C=O) groups is 1. The summed E-state index contributed by atoms with van der Waals surface area (Å²) in [6.45, 7) is 1.86. The number of para-hydroxylation sites is 2. The number of nitrogens with one attached hydrogen (secondary N) is 2. The molecule has 1 aromatic carbocycles. The fourth-order valence-electron chi connectivity index (χ4n) is 3.95. The molecule has 31 heavy (non-hydrogen) atoms. The van der Waals surface area contributed by atoms with E-state index in [1.165, 1.54) is 0 Å². The normalized spacial score (nSPS) is 19.1. The van der Waals surface area contributed by atoms with Gasteiger partial charge in [0.15, 0.2) is 5.16 Å². The fraction of sp³-hybridized carbons (Fsp3) is 0.261. The maximum atomic E-state index is 13.1. The molecule has 7 nitrogen and oxygen atoms in total. The highest BCUT2D eigenvalue weighted by Crippen LogP contribution is 2.33. The van der Waals surface area contributed by atoms with E-state index < -0.39 is 0 Å². The van der Waals surface area contributed by atoms with Crippen LogP contribution in [0.3, 0.4) is 0 Å². The first-order valence-corrected chi connectivity index (χ1v) is 11.2. The Morgan fingerprint density at radius 2 is 2.16 bits per heavy atom. The number of pyridine rings is 1. The summed E-state index contributed by atoms with van der Waals surface area (Å²) in [6, 6.07) is 15.5. The Hall–Kier alpha value is -3.10. The molecule has 4 heterocycles. The van der Waals surface area contributed by atoms with E-state index in [0.717, 1.165) is 40.5 Å². The topological polar surface area (TPSA) is 87.0 Å². The van der Waals surface area contributed by atoms with Crippen molar-refractivity contribution in [2.75, 3.05) is 6.54 Å². The zero-order chi connectivity index (χ0) is 21.0. The van der Waals surface area contributed by atoms with Crippen molar-refractivity contribution in [2.45, 2.75) is 36.0 Å². The van der Waals surface area contributed by atoms with Crippen LogP contribution in [0, 0.1) is 0 Å². The van der Waals surface area contributed by atoms with Gasteiger partial charge in [-0.2, -0.15) is 0 Å². The molecule has 3 aromatic heterocycles. The zero-order valence-corrected chi connectivity index (χ0v) is 17.7. The van der Waals surface area contributed by atoms with E-state index in [4.69, 9.17) is 4.42 Å². The standard InChI is InChI=1S/C23H23N5O2S/c29-22(25-13-16-5-3-9-24-12-16)21-11-18(15-28(21)14-17-6-4-10-30-17)31-23-26-19-7-1-2-8-20(19)27-23/h1-10,12,18,21H,11,13-15H2,(H,25,29)(H,26,27)/t18-,21+/m1/s1. The number of imidazole rings is 1. The Morgan fingerprint density at radius 1 is 1.23 bits per heavy atom. The molecule has 8 heteroatoms. The second kappa shape index (κ2) is 8.95. The van der Waals surface area contributed by atoms with Crippen molar-refractivity contribution in [1.82, 2.24) is 25.2 Å². The van der Waals surface area contributed by atoms with Gasteiger partial charge in [-0.3, -0.25) is 14.7 Å². The van der Waals surface area contributed by atoms with Gasteiger partial charge in [-0.1, -0.05) is 30.0 Å². The molecule has 0 unspecified atom stereocenters. The van der Waals surface area contributed by atoms with Crippen LogP contribution in [0.2, 0.25) is 0 Å². The lowest BCUT2D eigenvalue weighted by atomic mass is 10.2. The Balaban J connectivity index is 1.28. The number of hydrogen-bond donors (Lipinski definition) is 2. The molecule has 1 amide bonds. The summed E-state index contributed by atoms with van der Waals surface area (Å²) >= 11 is 1.70. The monoisotopic (exact) mass is 433 g/mol. The molecule has 0 radical (unpaired) electrons. The molecule has 1 fully saturated rings. The number of likely N-dealkylation sites (tertiary alicyclic amines) is 1. The van der Waals surface area contributed by atoms with E-state index in [1.54, 1.807) is 30.4 Å². The van der Waals surface area contributed by atoms with Crippen molar-refractivity contribution in [1.29, 1.82) is 0 Å². The van der Waals surface area contributed by atoms with E-state index in [-0.39, 0.29) is 17.2 Å². The number of fused-ring (bicyclic) bond motifs is 1. The van der Waals surface area contributed by atoms with Gasteiger partial charge < -0.3 is 14.7 Å². The Labute approximate surface area is 184 Å². The van der Waals surface area contributed by atoms with Crippen molar-refractivity contribution >= 4 is 28.7 Å². The Kier molecular flexibility index (Phi) is 5.73. The molecule has 0 saturated carbocycles. The van der Waals surface area contributed by atoms with Gasteiger partial charge in [0.05, 0.1) is 29.9 Å². The van der Waals surface area contributed by atoms with Gasteiger partial charge in [0.25, 0.3) is 0 Å². The van der Waals surface area contributed by atoms with Gasteiger partial charge in [0.1, 0.15) is 5.76 Å². The first-order valence-electron chi connectivity index (χ1n) is 10.3. The van der Waals surface area contributed by atoms with E-state index in [1.807, 2.05) is 48.5 Å². The highest BCUT2D eigenvalue weighted by Gasteiger charge is 2.38. The van der Waals surface area contributed by atoms with Crippen molar-refractivity contribution in [3.8, 4) is 0 Å². The van der Waals surface area contributed by atoms with E-state index in [0.29, 0.717) is 13.1 Å². The van der Waals surface area contributed by atoms with Crippen LogP contribution in [-0.2, 0) is 17.9 Å². The average Bonchev–Trinajstić information content (AvgIpc) is 3.53. The molecular formula is C23H23N5O2S. The minimum Gasteiger partial charge on any atom is -0.468 e. The Morgan fingerprint density at radius 3 is 2.97 bits per heavy atom. The molecule has 2 N–H and O–H groups in total. The minimum atomic E-state index is -0.219. The quantitative estimate of drug-likeness (QED) is 0.463. The van der Waals surface area contributed by atoms with Crippen molar-refractivity contribution in [2.24, 2.45) is 0 Å². The lowest BCUT2D eigenvalue weighted by Gasteiger charge is -2.22. The highest BCUT2D eigenvalue weighted by molar-refractivity contribution is 7.99. The lowest BCUT2D eigenvalue weighted by molar-refractivity contribution is -0.125. The molecule has 1 aliphatic heterocycles. The molecule has 0 spiro atoms. The first kappa shape index (κ1) is 19.8. The SMILES string of the molecule is O=C(NCc1cccnc1)[C@@H]1C[C@@H](Sc2nc3ccccc3[nH]2)CN1Cc1ccco1. The molecule has 5 rings (SSSR count). The summed E-state index contributed by atoms with van der Waals surface area (Å²) in [6.07, 6.45) is 5.92. The summed E-state index contributed by atoms with van der Waals surface area (Å²) in [7, 11) is 0. The average molecular weight is 434 g/mol. The maximum absolute atomic E-state index is 13.1. The van der Waals surface area contributed by atoms with Gasteiger partial charge in [0.2, 0.25) is 5.91 Å². The number of carbonyl (C=O) groups excluding carboxylic acids is 1. The number of nitrogens with zero attached hydrogens (tertiary/aromatic N) is 3. The third-order valence-electron chi connectivity index (χ3n) is 5.44. The smallest absolute Gasteiger partial charge is 0.237 e. The molecule has 4 aromatic rings. The summed E-state index contributed by atoms with van der Waals surface area (Å²) < 4.78 is 5.54. The number of aromatic nitrogens is 3. The summed E-state index contributed by atoms with van der Waals surface area (Å²) in [5.74, 6) is 0.891. The van der Waals surface area contributed by atoms with Gasteiger partial charge in [-0.05, 0) is 42.3 Å². The molecule has 1 saturated heterocycles. The van der Waals surface area contributed by atoms with Gasteiger partial charge in [-0.25, -0.2) is 4.98 Å². The molecule has 158 valence electrons. The summed E-state index contributed by atoms with van der Waals surface area (Å²) in [5, 5.41) is 4.22. The van der Waals surface area contributed by atoms with Gasteiger partial charge in [0, 0.05) is 30.7 Å². The number of benzene rings is 1. The molecular weight excluding hydrogens is 410 g/mol. The lowest BCUT2D eigenvalue weighted by Crippen LogP contribution is -2.42. The van der Waals surface area contributed by atoms with Crippen LogP contribution < -0.4 is 5.32 Å². The molecule has 0 bridgehead atoms. The van der Waals surface area contributed by atoms with Gasteiger partial charge >= 0.3 is 0 Å². The summed E-state index contributed by atoms with van der Waals surface area (Å²) in [5.41, 5.74) is 2.97. The highest BCUT2D eigenvalue weighted by atomic mass is 32.2. The third kappa shape index (κ3) is 4.65. The zero-order valence-electron chi connectivity index (χ0n) is 16.9. The van der Waals surface area contributed by atoms with E-state index in [9.17, 15) is 4.79 Å². The van der Waals surface area contributed by atoms with Crippen LogP contribution in [0.1, 0.15) is 17.7 Å². The molecule has 2 atom stereocenters. The third-order valence-corrected chi connectivity index (χ3v) is 6.53. The van der Waals surface area contributed by atoms with Crippen LogP contribution in [-0.4, -0.2) is 43.6 Å².